The van der Waals surface area contributed by atoms with Gasteiger partial charge in [0.2, 0.25) is 5.95 Å². The molecule has 2 aromatic heterocycles. The van der Waals surface area contributed by atoms with Gasteiger partial charge in [0.15, 0.2) is 0 Å². The molecule has 0 spiro atoms. The van der Waals surface area contributed by atoms with Crippen molar-refractivity contribution >= 4 is 29.3 Å². The van der Waals surface area contributed by atoms with Crippen LogP contribution in [-0.2, 0) is 4.57 Å². The molecule has 3 aromatic rings. The van der Waals surface area contributed by atoms with Gasteiger partial charge in [-0.25, -0.2) is 9.97 Å². The first kappa shape index (κ1) is 22.1. The Kier molecular flexibility index (Phi) is 5.55. The van der Waals surface area contributed by atoms with E-state index in [4.69, 9.17) is 4.98 Å². The molecule has 2 aliphatic rings. The minimum absolute atomic E-state index is 0.169. The zero-order chi connectivity index (χ0) is 23.2. The Labute approximate surface area is 194 Å². The monoisotopic (exact) mass is 462 g/mol. The SMILES string of the molecule is Cc1cnc(N[C@H]2CCC(C)(C)NC2)nc1-c1c[nH]c2c(P3(=O)CCCC3)c(C#N)ccc12. The summed E-state index contributed by atoms with van der Waals surface area (Å²) in [5.41, 5.74) is 4.29. The summed E-state index contributed by atoms with van der Waals surface area (Å²) in [6.45, 7) is 7.34. The quantitative estimate of drug-likeness (QED) is 0.492. The molecule has 0 aliphatic carbocycles. The van der Waals surface area contributed by atoms with Crippen molar-refractivity contribution < 1.29 is 4.57 Å². The lowest BCUT2D eigenvalue weighted by Crippen LogP contribution is -2.50. The highest BCUT2D eigenvalue weighted by Crippen LogP contribution is 2.53. The van der Waals surface area contributed by atoms with Gasteiger partial charge in [0, 0.05) is 53.8 Å². The maximum Gasteiger partial charge on any atom is 0.223 e. The Morgan fingerprint density at radius 1 is 1.27 bits per heavy atom. The average Bonchev–Trinajstić information content (AvgIpc) is 3.42. The second-order valence-electron chi connectivity index (χ2n) is 10.1. The number of H-pyrrole nitrogens is 1. The van der Waals surface area contributed by atoms with E-state index in [1.165, 1.54) is 0 Å². The molecular weight excluding hydrogens is 431 g/mol. The first-order chi connectivity index (χ1) is 15.8. The van der Waals surface area contributed by atoms with Crippen LogP contribution in [0.25, 0.3) is 22.2 Å². The van der Waals surface area contributed by atoms with E-state index in [-0.39, 0.29) is 11.6 Å². The fourth-order valence-electron chi connectivity index (χ4n) is 5.18. The van der Waals surface area contributed by atoms with Gasteiger partial charge in [-0.05, 0) is 58.1 Å². The second-order valence-corrected chi connectivity index (χ2v) is 13.2. The predicted molar refractivity (Wildman–Crippen MR) is 134 cm³/mol. The van der Waals surface area contributed by atoms with Crippen LogP contribution in [0.2, 0.25) is 0 Å². The highest BCUT2D eigenvalue weighted by atomic mass is 31.2. The number of rotatable bonds is 4. The smallest absolute Gasteiger partial charge is 0.223 e. The number of anilines is 1. The van der Waals surface area contributed by atoms with Crippen molar-refractivity contribution in [1.82, 2.24) is 20.3 Å². The minimum atomic E-state index is -2.56. The molecule has 172 valence electrons. The molecule has 0 saturated carbocycles. The molecule has 3 N–H and O–H groups in total. The van der Waals surface area contributed by atoms with Gasteiger partial charge in [0.1, 0.15) is 7.14 Å². The molecule has 0 radical (unpaired) electrons. The van der Waals surface area contributed by atoms with Crippen molar-refractivity contribution in [3.8, 4) is 17.3 Å². The fraction of sp³-hybridized carbons (Fsp3) is 0.480. The number of hydrogen-bond donors (Lipinski definition) is 3. The fourth-order valence-corrected chi connectivity index (χ4v) is 8.47. The van der Waals surface area contributed by atoms with Gasteiger partial charge >= 0.3 is 0 Å². The van der Waals surface area contributed by atoms with Gasteiger partial charge in [0.05, 0.1) is 28.1 Å². The van der Waals surface area contributed by atoms with Crippen LogP contribution in [0, 0.1) is 18.3 Å². The molecule has 2 fully saturated rings. The zero-order valence-corrected chi connectivity index (χ0v) is 20.4. The van der Waals surface area contributed by atoms with Crippen molar-refractivity contribution in [2.45, 2.75) is 58.0 Å². The van der Waals surface area contributed by atoms with Crippen LogP contribution < -0.4 is 15.9 Å². The van der Waals surface area contributed by atoms with Crippen molar-refractivity contribution in [1.29, 1.82) is 5.26 Å². The summed E-state index contributed by atoms with van der Waals surface area (Å²) in [4.78, 5) is 12.8. The summed E-state index contributed by atoms with van der Waals surface area (Å²) < 4.78 is 13.7. The highest BCUT2D eigenvalue weighted by molar-refractivity contribution is 7.72. The largest absolute Gasteiger partial charge is 0.360 e. The molecule has 0 amide bonds. The van der Waals surface area contributed by atoms with Gasteiger partial charge in [0.25, 0.3) is 0 Å². The molecule has 33 heavy (non-hydrogen) atoms. The summed E-state index contributed by atoms with van der Waals surface area (Å²) in [5, 5.41) is 18.5. The van der Waals surface area contributed by atoms with Crippen LogP contribution >= 0.6 is 7.14 Å². The number of aromatic amines is 1. The molecule has 8 heteroatoms. The summed E-state index contributed by atoms with van der Waals surface area (Å²) in [6.07, 6.45) is 9.22. The normalized spacial score (nSPS) is 21.7. The van der Waals surface area contributed by atoms with Crippen molar-refractivity contribution in [2.75, 3.05) is 24.2 Å². The van der Waals surface area contributed by atoms with Crippen LogP contribution in [-0.4, -0.2) is 45.4 Å². The molecule has 4 heterocycles. The van der Waals surface area contributed by atoms with Gasteiger partial charge in [-0.1, -0.05) is 6.07 Å². The predicted octanol–water partition coefficient (Wildman–Crippen LogP) is 4.53. The Morgan fingerprint density at radius 2 is 2.06 bits per heavy atom. The Hall–Kier alpha value is -2.68. The first-order valence-corrected chi connectivity index (χ1v) is 13.9. The lowest BCUT2D eigenvalue weighted by Gasteiger charge is -2.36. The molecule has 0 bridgehead atoms. The number of nitriles is 1. The van der Waals surface area contributed by atoms with Crippen LogP contribution in [0.1, 0.15) is 50.7 Å². The summed E-state index contributed by atoms with van der Waals surface area (Å²) in [7, 11) is -2.56. The summed E-state index contributed by atoms with van der Waals surface area (Å²) >= 11 is 0. The van der Waals surface area contributed by atoms with Gasteiger partial charge in [-0.3, -0.25) is 0 Å². The maximum absolute atomic E-state index is 13.7. The van der Waals surface area contributed by atoms with Crippen LogP contribution in [0.4, 0.5) is 5.95 Å². The average molecular weight is 463 g/mol. The molecule has 7 nitrogen and oxygen atoms in total. The van der Waals surface area contributed by atoms with Crippen LogP contribution in [0.3, 0.4) is 0 Å². The number of fused-ring (bicyclic) bond motifs is 1. The van der Waals surface area contributed by atoms with Crippen LogP contribution in [0.5, 0.6) is 0 Å². The number of benzene rings is 1. The molecule has 2 aliphatic heterocycles. The number of aromatic nitrogens is 3. The third-order valence-corrected chi connectivity index (χ3v) is 10.5. The zero-order valence-electron chi connectivity index (χ0n) is 19.5. The maximum atomic E-state index is 13.7. The Morgan fingerprint density at radius 3 is 2.76 bits per heavy atom. The van der Waals surface area contributed by atoms with Gasteiger partial charge in [-0.15, -0.1) is 0 Å². The molecule has 0 unspecified atom stereocenters. The molecule has 5 rings (SSSR count). The Bertz CT molecular complexity index is 1280. The summed E-state index contributed by atoms with van der Waals surface area (Å²) in [5.74, 6) is 0.619. The molecule has 2 saturated heterocycles. The topological polar surface area (TPSA) is 106 Å². The summed E-state index contributed by atoms with van der Waals surface area (Å²) in [6, 6.07) is 6.33. The van der Waals surface area contributed by atoms with Gasteiger partial charge < -0.3 is 20.2 Å². The number of hydrogen-bond acceptors (Lipinski definition) is 6. The molecule has 1 aromatic carbocycles. The highest BCUT2D eigenvalue weighted by Gasteiger charge is 2.34. The molecule has 1 atom stereocenters. The number of nitrogens with one attached hydrogen (secondary N) is 3. The van der Waals surface area contributed by atoms with Crippen molar-refractivity contribution in [3.05, 3.63) is 35.7 Å². The molecular formula is C25H31N6OP. The van der Waals surface area contributed by atoms with E-state index in [1.807, 2.05) is 31.5 Å². The van der Waals surface area contributed by atoms with E-state index in [0.717, 1.165) is 65.3 Å². The third-order valence-electron chi connectivity index (χ3n) is 7.15. The van der Waals surface area contributed by atoms with Crippen molar-refractivity contribution in [3.63, 3.8) is 0 Å². The van der Waals surface area contributed by atoms with E-state index in [1.54, 1.807) is 0 Å². The van der Waals surface area contributed by atoms with E-state index >= 15 is 0 Å². The van der Waals surface area contributed by atoms with Gasteiger partial charge in [-0.2, -0.15) is 5.26 Å². The number of piperidine rings is 1. The van der Waals surface area contributed by atoms with Crippen molar-refractivity contribution in [2.24, 2.45) is 0 Å². The number of aryl methyl sites for hydroxylation is 1. The van der Waals surface area contributed by atoms with E-state index in [9.17, 15) is 9.83 Å². The first-order valence-electron chi connectivity index (χ1n) is 11.8. The standard InChI is InChI=1S/C25H31N6OP/c1-16-13-28-24(30-18-8-9-25(2,3)29-14-18)31-21(16)20-15-27-22-19(20)7-6-17(12-26)23(22)33(32)10-4-5-11-33/h6-7,13,15,18,27,29H,4-5,8-11,14H2,1-3H3,(H,28,30,31)/t18-/m0/s1. The lowest BCUT2D eigenvalue weighted by atomic mass is 9.91. The Balaban J connectivity index is 1.53. The lowest BCUT2D eigenvalue weighted by molar-refractivity contribution is 0.289. The van der Waals surface area contributed by atoms with Crippen LogP contribution in [0.15, 0.2) is 24.5 Å². The van der Waals surface area contributed by atoms with E-state index < -0.39 is 7.14 Å². The minimum Gasteiger partial charge on any atom is -0.360 e. The second kappa shape index (κ2) is 8.27. The number of nitrogens with zero attached hydrogens (tertiary/aromatic N) is 3. The van der Waals surface area contributed by atoms with E-state index in [2.05, 4.69) is 40.5 Å². The van der Waals surface area contributed by atoms with E-state index in [0.29, 0.717) is 23.8 Å². The third kappa shape index (κ3) is 4.07.